The molecule has 210 valence electrons. The van der Waals surface area contributed by atoms with Gasteiger partial charge in [0.2, 0.25) is 0 Å². The van der Waals surface area contributed by atoms with Crippen LogP contribution in [0.4, 0.5) is 0 Å². The van der Waals surface area contributed by atoms with Crippen LogP contribution in [0.2, 0.25) is 0 Å². The molecule has 1 nitrogen and oxygen atoms in total. The minimum absolute atomic E-state index is 0.0468. The van der Waals surface area contributed by atoms with E-state index in [1.165, 1.54) is 66.9 Å². The minimum Gasteiger partial charge on any atom is -0.255 e. The summed E-state index contributed by atoms with van der Waals surface area (Å²) < 4.78 is 2.69. The van der Waals surface area contributed by atoms with Gasteiger partial charge in [-0.25, -0.2) is 0 Å². The van der Waals surface area contributed by atoms with Crippen molar-refractivity contribution >= 4 is 42.3 Å². The van der Waals surface area contributed by atoms with Crippen molar-refractivity contribution in [1.29, 1.82) is 0 Å². The lowest BCUT2D eigenvalue weighted by Crippen LogP contribution is -2.31. The second-order valence-corrected chi connectivity index (χ2v) is 15.5. The van der Waals surface area contributed by atoms with Gasteiger partial charge in [0.15, 0.2) is 0 Å². The summed E-state index contributed by atoms with van der Waals surface area (Å²) >= 11 is 1.93. The van der Waals surface area contributed by atoms with Crippen molar-refractivity contribution < 1.29 is 0 Å². The number of benzene rings is 3. The van der Waals surface area contributed by atoms with Crippen LogP contribution in [-0.4, -0.2) is 4.98 Å². The first-order valence-electron chi connectivity index (χ1n) is 15.2. The first-order valence-corrected chi connectivity index (χ1v) is 16.0. The third-order valence-corrected chi connectivity index (χ3v) is 9.52. The van der Waals surface area contributed by atoms with Crippen LogP contribution in [0, 0.1) is 17.8 Å². The average molecular weight is 550 g/mol. The summed E-state index contributed by atoms with van der Waals surface area (Å²) in [5, 5.41) is 5.30. The Morgan fingerprint density at radius 1 is 0.700 bits per heavy atom. The normalized spacial score (nSPS) is 13.1. The topological polar surface area (TPSA) is 12.9 Å². The zero-order chi connectivity index (χ0) is 28.8. The van der Waals surface area contributed by atoms with Gasteiger partial charge in [0.1, 0.15) is 0 Å². The molecule has 5 rings (SSSR count). The first-order chi connectivity index (χ1) is 18.9. The monoisotopic (exact) mass is 549 g/mol. The number of rotatable bonds is 8. The molecule has 40 heavy (non-hydrogen) atoms. The molecule has 5 aromatic rings. The van der Waals surface area contributed by atoms with Crippen molar-refractivity contribution in [1.82, 2.24) is 4.98 Å². The maximum atomic E-state index is 5.00. The molecule has 0 aliphatic heterocycles. The van der Waals surface area contributed by atoms with Gasteiger partial charge in [0.05, 0.1) is 10.4 Å². The Morgan fingerprint density at radius 3 is 1.98 bits per heavy atom. The fourth-order valence-electron chi connectivity index (χ4n) is 7.25. The highest BCUT2D eigenvalue weighted by Crippen LogP contribution is 2.46. The third kappa shape index (κ3) is 5.57. The molecule has 0 N–H and O–H groups in total. The Hall–Kier alpha value is -2.71. The van der Waals surface area contributed by atoms with E-state index in [9.17, 15) is 0 Å². The van der Waals surface area contributed by atoms with Crippen molar-refractivity contribution in [2.75, 3.05) is 0 Å². The third-order valence-electron chi connectivity index (χ3n) is 8.34. The summed E-state index contributed by atoms with van der Waals surface area (Å²) in [6, 6.07) is 23.1. The fraction of sp³-hybridized carbons (Fsp3) is 0.447. The molecule has 0 aliphatic carbocycles. The molecule has 0 fully saturated rings. The smallest absolute Gasteiger partial charge is 0.0880 e. The SMILES string of the molecule is CC(C)CC(CC(C)C)(CC(C)C)c1ccc2c(c1)sc1c(-c3cc(C(C)(C)C)c4ccccc4c3)nccc12. The lowest BCUT2D eigenvalue weighted by Gasteiger charge is -2.39. The van der Waals surface area contributed by atoms with Gasteiger partial charge >= 0.3 is 0 Å². The van der Waals surface area contributed by atoms with Crippen LogP contribution in [0.1, 0.15) is 92.7 Å². The molecule has 0 atom stereocenters. The summed E-state index contributed by atoms with van der Waals surface area (Å²) in [5.74, 6) is 1.99. The molecule has 0 radical (unpaired) electrons. The van der Waals surface area contributed by atoms with Gasteiger partial charge in [0, 0.05) is 27.2 Å². The van der Waals surface area contributed by atoms with Crippen molar-refractivity contribution in [2.45, 2.75) is 92.4 Å². The average Bonchev–Trinajstić information content (AvgIpc) is 3.24. The van der Waals surface area contributed by atoms with Crippen molar-refractivity contribution in [3.8, 4) is 11.3 Å². The molecule has 0 saturated carbocycles. The van der Waals surface area contributed by atoms with E-state index in [0.29, 0.717) is 17.8 Å². The number of hydrogen-bond acceptors (Lipinski definition) is 2. The Bertz CT molecular complexity index is 1620. The maximum absolute atomic E-state index is 5.00. The highest BCUT2D eigenvalue weighted by Gasteiger charge is 2.35. The Labute approximate surface area is 246 Å². The van der Waals surface area contributed by atoms with Gasteiger partial charge in [-0.3, -0.25) is 4.98 Å². The van der Waals surface area contributed by atoms with Crippen molar-refractivity contribution in [3.05, 3.63) is 78.0 Å². The van der Waals surface area contributed by atoms with Crippen LogP contribution in [0.15, 0.2) is 66.9 Å². The minimum atomic E-state index is 0.0468. The summed E-state index contributed by atoms with van der Waals surface area (Å²) in [5.41, 5.74) is 5.48. The molecule has 0 amide bonds. The predicted molar refractivity (Wildman–Crippen MR) is 179 cm³/mol. The van der Waals surface area contributed by atoms with E-state index in [1.54, 1.807) is 0 Å². The van der Waals surface area contributed by atoms with Gasteiger partial charge in [0.25, 0.3) is 0 Å². The summed E-state index contributed by atoms with van der Waals surface area (Å²) in [4.78, 5) is 5.00. The molecule has 0 aliphatic rings. The number of thiophene rings is 1. The zero-order valence-electron chi connectivity index (χ0n) is 26.1. The predicted octanol–water partition coefficient (Wildman–Crippen LogP) is 11.9. The zero-order valence-corrected chi connectivity index (χ0v) is 26.9. The molecule has 3 aromatic carbocycles. The van der Waals surface area contributed by atoms with Gasteiger partial charge in [-0.1, -0.05) is 98.7 Å². The number of aromatic nitrogens is 1. The number of fused-ring (bicyclic) bond motifs is 4. The Balaban J connectivity index is 1.72. The van der Waals surface area contributed by atoms with Crippen LogP contribution in [0.5, 0.6) is 0 Å². The van der Waals surface area contributed by atoms with Crippen molar-refractivity contribution in [2.24, 2.45) is 17.8 Å². The lowest BCUT2D eigenvalue weighted by molar-refractivity contribution is 0.236. The molecule has 0 unspecified atom stereocenters. The quantitative estimate of drug-likeness (QED) is 0.187. The molecular weight excluding hydrogens is 502 g/mol. The molecule has 2 heterocycles. The molecule has 0 spiro atoms. The molecule has 2 aromatic heterocycles. The largest absolute Gasteiger partial charge is 0.255 e. The van der Waals surface area contributed by atoms with Gasteiger partial charge in [-0.05, 0) is 94.0 Å². The number of nitrogens with zero attached hydrogens (tertiary/aromatic N) is 1. The van der Waals surface area contributed by atoms with Crippen LogP contribution in [0.3, 0.4) is 0 Å². The van der Waals surface area contributed by atoms with Crippen LogP contribution >= 0.6 is 11.3 Å². The van der Waals surface area contributed by atoms with Crippen molar-refractivity contribution in [3.63, 3.8) is 0 Å². The van der Waals surface area contributed by atoms with E-state index in [2.05, 4.69) is 123 Å². The fourth-order valence-corrected chi connectivity index (χ4v) is 8.50. The second kappa shape index (κ2) is 10.9. The summed E-state index contributed by atoms with van der Waals surface area (Å²) in [7, 11) is 0. The first kappa shape index (κ1) is 28.8. The molecular formula is C38H47NS. The second-order valence-electron chi connectivity index (χ2n) is 14.4. The van der Waals surface area contributed by atoms with Gasteiger partial charge < -0.3 is 0 Å². The summed E-state index contributed by atoms with van der Waals surface area (Å²) in [6.45, 7) is 21.3. The van der Waals surface area contributed by atoms with Gasteiger partial charge in [-0.15, -0.1) is 11.3 Å². The van der Waals surface area contributed by atoms with E-state index >= 15 is 0 Å². The van der Waals surface area contributed by atoms with Crippen LogP contribution < -0.4 is 0 Å². The van der Waals surface area contributed by atoms with E-state index in [0.717, 1.165) is 5.69 Å². The lowest BCUT2D eigenvalue weighted by atomic mass is 9.65. The van der Waals surface area contributed by atoms with E-state index < -0.39 is 0 Å². The van der Waals surface area contributed by atoms with Crippen LogP contribution in [0.25, 0.3) is 42.2 Å². The summed E-state index contributed by atoms with van der Waals surface area (Å²) in [6.07, 6.45) is 5.71. The molecule has 2 heteroatoms. The number of pyridine rings is 1. The Morgan fingerprint density at radius 2 is 1.35 bits per heavy atom. The number of hydrogen-bond donors (Lipinski definition) is 0. The van der Waals surface area contributed by atoms with Crippen LogP contribution in [-0.2, 0) is 10.8 Å². The highest BCUT2D eigenvalue weighted by molar-refractivity contribution is 7.26. The van der Waals surface area contributed by atoms with E-state index in [-0.39, 0.29) is 10.8 Å². The Kier molecular flexibility index (Phi) is 7.87. The standard InChI is InChI=1S/C38H47NS/c1-24(2)21-38(22-25(3)4,23-26(5)6)29-14-15-31-32-16-17-39-35(36(32)40-34(31)20-29)28-18-27-12-10-11-13-30(27)33(19-28)37(7,8)9/h10-20,24-26H,21-23H2,1-9H3. The molecule has 0 bridgehead atoms. The van der Waals surface area contributed by atoms with Gasteiger partial charge in [-0.2, -0.15) is 0 Å². The maximum Gasteiger partial charge on any atom is 0.0880 e. The molecule has 0 saturated heterocycles. The highest BCUT2D eigenvalue weighted by atomic mass is 32.1. The van der Waals surface area contributed by atoms with E-state index in [4.69, 9.17) is 4.98 Å². The van der Waals surface area contributed by atoms with E-state index in [1.807, 2.05) is 17.5 Å².